The highest BCUT2D eigenvalue weighted by Gasteiger charge is 2.39. The van der Waals surface area contributed by atoms with E-state index in [0.717, 1.165) is 30.4 Å². The molecule has 0 aliphatic carbocycles. The fraction of sp³-hybridized carbons (Fsp3) is 0.208. The van der Waals surface area contributed by atoms with Crippen LogP contribution in [-0.2, 0) is 19.3 Å². The van der Waals surface area contributed by atoms with Gasteiger partial charge < -0.3 is 5.32 Å². The highest BCUT2D eigenvalue weighted by molar-refractivity contribution is 6.48. The summed E-state index contributed by atoms with van der Waals surface area (Å²) in [6.45, 7) is 0.141. The molecular weight excluding hydrogens is 537 g/mol. The van der Waals surface area contributed by atoms with Gasteiger partial charge in [-0.1, -0.05) is 65.2 Å². The number of rotatable bonds is 7. The van der Waals surface area contributed by atoms with Crippen molar-refractivity contribution in [3.05, 3.63) is 104 Å². The Morgan fingerprint density at radius 3 is 2.14 bits per heavy atom. The van der Waals surface area contributed by atoms with Crippen LogP contribution in [0.5, 0.6) is 0 Å². The maximum atomic E-state index is 13.7. The van der Waals surface area contributed by atoms with Gasteiger partial charge in [-0.2, -0.15) is 26.3 Å². The van der Waals surface area contributed by atoms with Crippen molar-refractivity contribution in [1.29, 1.82) is 0 Å². The number of halogens is 9. The smallest absolute Gasteiger partial charge is 0.307 e. The summed E-state index contributed by atoms with van der Waals surface area (Å²) < 4.78 is 82.2. The van der Waals surface area contributed by atoms with Crippen LogP contribution < -0.4 is 5.32 Å². The first-order valence-corrected chi connectivity index (χ1v) is 11.2. The van der Waals surface area contributed by atoms with E-state index >= 15 is 0 Å². The zero-order chi connectivity index (χ0) is 25.8. The van der Waals surface area contributed by atoms with Crippen LogP contribution in [0.3, 0.4) is 0 Å². The van der Waals surface area contributed by atoms with E-state index in [4.69, 9.17) is 34.8 Å². The van der Waals surface area contributed by atoms with E-state index in [1.165, 1.54) is 12.1 Å². The van der Waals surface area contributed by atoms with Gasteiger partial charge in [0, 0.05) is 19.3 Å². The minimum Gasteiger partial charge on any atom is -0.307 e. The van der Waals surface area contributed by atoms with Crippen molar-refractivity contribution < 1.29 is 26.3 Å². The molecule has 2 nitrogen and oxygen atoms in total. The van der Waals surface area contributed by atoms with Crippen LogP contribution in [-0.4, -0.2) is 11.2 Å². The zero-order valence-corrected chi connectivity index (χ0v) is 20.0. The summed E-state index contributed by atoms with van der Waals surface area (Å²) in [5.41, 5.74) is -0.685. The summed E-state index contributed by atoms with van der Waals surface area (Å²) in [4.78, 5) is 4.09. The first kappa shape index (κ1) is 27.3. The van der Waals surface area contributed by atoms with Gasteiger partial charge in [0.25, 0.3) is 0 Å². The van der Waals surface area contributed by atoms with Gasteiger partial charge in [0.1, 0.15) is 0 Å². The number of pyridine rings is 1. The maximum Gasteiger partial charge on any atom is 0.416 e. The van der Waals surface area contributed by atoms with Crippen LogP contribution in [0, 0.1) is 0 Å². The van der Waals surface area contributed by atoms with Gasteiger partial charge in [-0.15, -0.1) is 0 Å². The Morgan fingerprint density at radius 2 is 1.57 bits per heavy atom. The molecule has 3 aromatic rings. The van der Waals surface area contributed by atoms with Gasteiger partial charge in [-0.05, 0) is 47.0 Å². The summed E-state index contributed by atoms with van der Waals surface area (Å²) in [5, 5.41) is 2.46. The Bertz CT molecular complexity index is 1170. The minimum absolute atomic E-state index is 0.0470. The van der Waals surface area contributed by atoms with Gasteiger partial charge in [-0.3, -0.25) is 4.98 Å². The average molecular weight is 554 g/mol. The van der Waals surface area contributed by atoms with Crippen LogP contribution in [0.15, 0.2) is 60.8 Å². The van der Waals surface area contributed by atoms with Crippen molar-refractivity contribution >= 4 is 40.9 Å². The van der Waals surface area contributed by atoms with E-state index in [-0.39, 0.29) is 44.8 Å². The number of nitrogens with one attached hydrogen (secondary N) is 1. The van der Waals surface area contributed by atoms with Gasteiger partial charge >= 0.3 is 12.4 Å². The second-order valence-electron chi connectivity index (χ2n) is 7.52. The molecule has 1 unspecified atom stereocenters. The number of benzene rings is 2. The molecule has 0 spiro atoms. The molecule has 186 valence electrons. The molecule has 0 aliphatic heterocycles. The lowest BCUT2D eigenvalue weighted by Crippen LogP contribution is -2.19. The van der Waals surface area contributed by atoms with Crippen LogP contribution in [0.1, 0.15) is 33.9 Å². The number of aromatic nitrogens is 1. The SMILES string of the molecule is FC(F)(F)c1cc(/C=C/C(c2cc(Cl)c(Cl)c(Cl)c2)C(F)(F)F)ccc1CNCc1ccccn1. The third kappa shape index (κ3) is 7.36. The summed E-state index contributed by atoms with van der Waals surface area (Å²) in [6, 6.07) is 10.6. The number of allylic oxidation sites excluding steroid dienone is 1. The van der Waals surface area contributed by atoms with E-state index in [9.17, 15) is 26.3 Å². The molecule has 0 saturated heterocycles. The van der Waals surface area contributed by atoms with E-state index in [1.807, 2.05) is 0 Å². The zero-order valence-electron chi connectivity index (χ0n) is 17.7. The van der Waals surface area contributed by atoms with Crippen molar-refractivity contribution in [2.24, 2.45) is 0 Å². The summed E-state index contributed by atoms with van der Waals surface area (Å²) >= 11 is 17.5. The first-order valence-electron chi connectivity index (χ1n) is 10.1. The van der Waals surface area contributed by atoms with Crippen molar-refractivity contribution in [1.82, 2.24) is 10.3 Å². The molecule has 0 radical (unpaired) electrons. The van der Waals surface area contributed by atoms with Gasteiger partial charge in [0.05, 0.1) is 32.2 Å². The fourth-order valence-corrected chi connectivity index (χ4v) is 3.93. The topological polar surface area (TPSA) is 24.9 Å². The molecule has 2 aromatic carbocycles. The van der Waals surface area contributed by atoms with Crippen molar-refractivity contribution in [2.45, 2.75) is 31.4 Å². The molecule has 0 fully saturated rings. The third-order valence-corrected chi connectivity index (χ3v) is 6.18. The quantitative estimate of drug-likeness (QED) is 0.234. The Balaban J connectivity index is 1.87. The second-order valence-corrected chi connectivity index (χ2v) is 8.71. The van der Waals surface area contributed by atoms with Crippen LogP contribution in [0.25, 0.3) is 6.08 Å². The van der Waals surface area contributed by atoms with Gasteiger partial charge in [-0.25, -0.2) is 0 Å². The molecule has 35 heavy (non-hydrogen) atoms. The lowest BCUT2D eigenvalue weighted by atomic mass is 9.96. The predicted molar refractivity (Wildman–Crippen MR) is 126 cm³/mol. The number of hydrogen-bond acceptors (Lipinski definition) is 2. The molecule has 0 bridgehead atoms. The molecular formula is C24H17Cl3F6N2. The first-order chi connectivity index (χ1) is 16.4. The Morgan fingerprint density at radius 1 is 0.886 bits per heavy atom. The Labute approximate surface area is 212 Å². The van der Waals surface area contributed by atoms with Crippen LogP contribution in [0.2, 0.25) is 15.1 Å². The molecule has 0 aliphatic rings. The standard InChI is InChI=1S/C24H17Cl3F6N2/c25-20-10-16(11-21(26)22(20)27)18(23(28,29)30)7-5-14-4-6-15(19(9-14)24(31,32)33)12-34-13-17-3-1-2-8-35-17/h1-11,18,34H,12-13H2/b7-5+. The molecule has 0 saturated carbocycles. The lowest BCUT2D eigenvalue weighted by molar-refractivity contribution is -0.140. The van der Waals surface area contributed by atoms with E-state index < -0.39 is 23.8 Å². The number of hydrogen-bond donors (Lipinski definition) is 1. The normalized spacial score (nSPS) is 13.4. The summed E-state index contributed by atoms with van der Waals surface area (Å²) in [6.07, 6.45) is -6.15. The summed E-state index contributed by atoms with van der Waals surface area (Å²) in [7, 11) is 0. The Kier molecular flexibility index (Phi) is 8.75. The monoisotopic (exact) mass is 552 g/mol. The molecule has 1 aromatic heterocycles. The van der Waals surface area contributed by atoms with Crippen molar-refractivity contribution in [2.75, 3.05) is 0 Å². The number of alkyl halides is 6. The van der Waals surface area contributed by atoms with Crippen molar-refractivity contribution in [3.8, 4) is 0 Å². The molecule has 0 amide bonds. The fourth-order valence-electron chi connectivity index (χ4n) is 3.31. The summed E-state index contributed by atoms with van der Waals surface area (Å²) in [5.74, 6) is -2.16. The molecule has 3 rings (SSSR count). The molecule has 1 N–H and O–H groups in total. The van der Waals surface area contributed by atoms with Gasteiger partial charge in [0.15, 0.2) is 0 Å². The van der Waals surface area contributed by atoms with Crippen molar-refractivity contribution in [3.63, 3.8) is 0 Å². The minimum atomic E-state index is -4.75. The molecule has 1 atom stereocenters. The average Bonchev–Trinajstić information content (AvgIpc) is 2.77. The molecule has 11 heteroatoms. The van der Waals surface area contributed by atoms with E-state index in [0.29, 0.717) is 5.69 Å². The Hall–Kier alpha value is -2.26. The van der Waals surface area contributed by atoms with E-state index in [2.05, 4.69) is 10.3 Å². The maximum absolute atomic E-state index is 13.7. The van der Waals surface area contributed by atoms with Crippen LogP contribution in [0.4, 0.5) is 26.3 Å². The predicted octanol–water partition coefficient (Wildman–Crippen LogP) is 8.71. The van der Waals surface area contributed by atoms with Gasteiger partial charge in [0.2, 0.25) is 0 Å². The highest BCUT2D eigenvalue weighted by atomic mass is 35.5. The third-order valence-electron chi connectivity index (χ3n) is 4.99. The largest absolute Gasteiger partial charge is 0.416 e. The lowest BCUT2D eigenvalue weighted by Gasteiger charge is -2.19. The second kappa shape index (κ2) is 11.2. The van der Waals surface area contributed by atoms with Crippen LogP contribution >= 0.6 is 34.8 Å². The highest BCUT2D eigenvalue weighted by Crippen LogP contribution is 2.41. The molecule has 1 heterocycles. The van der Waals surface area contributed by atoms with E-state index in [1.54, 1.807) is 24.4 Å². The number of nitrogens with zero attached hydrogens (tertiary/aromatic N) is 1.